The molecule has 5 aromatic carbocycles. The summed E-state index contributed by atoms with van der Waals surface area (Å²) in [6, 6.07) is 44.0. The van der Waals surface area contributed by atoms with Crippen molar-refractivity contribution >= 4 is 29.5 Å². The Hall–Kier alpha value is -5.92. The predicted octanol–water partition coefficient (Wildman–Crippen LogP) is 13.4. The minimum atomic E-state index is -0.309. The van der Waals surface area contributed by atoms with Crippen molar-refractivity contribution in [3.05, 3.63) is 221 Å². The molecule has 0 aromatic heterocycles. The maximum Gasteiger partial charge on any atom is 0.0640 e. The summed E-state index contributed by atoms with van der Waals surface area (Å²) >= 11 is 0. The van der Waals surface area contributed by atoms with E-state index in [9.17, 15) is 0 Å². The molecule has 5 aromatic rings. The van der Waals surface area contributed by atoms with E-state index < -0.39 is 0 Å². The molecule has 0 fully saturated rings. The van der Waals surface area contributed by atoms with Crippen molar-refractivity contribution < 1.29 is 0 Å². The number of rotatable bonds is 11. The van der Waals surface area contributed by atoms with Crippen LogP contribution >= 0.6 is 0 Å². The highest BCUT2D eigenvalue weighted by Crippen LogP contribution is 2.52. The Morgan fingerprint density at radius 2 is 1.52 bits per heavy atom. The molecule has 1 heteroatoms. The lowest BCUT2D eigenvalue weighted by Gasteiger charge is -2.33. The van der Waals surface area contributed by atoms with Gasteiger partial charge in [-0.3, -0.25) is 0 Å². The van der Waals surface area contributed by atoms with E-state index in [1.54, 1.807) is 0 Å². The molecule has 3 aliphatic carbocycles. The zero-order valence-electron chi connectivity index (χ0n) is 29.8. The average Bonchev–Trinajstić information content (AvgIpc) is 3.56. The third-order valence-corrected chi connectivity index (χ3v) is 10.9. The molecule has 0 N–H and O–H groups in total. The van der Waals surface area contributed by atoms with E-state index in [-0.39, 0.29) is 5.41 Å². The van der Waals surface area contributed by atoms with Gasteiger partial charge < -0.3 is 4.90 Å². The van der Waals surface area contributed by atoms with E-state index in [1.165, 1.54) is 55.7 Å². The molecule has 0 spiro atoms. The zero-order valence-corrected chi connectivity index (χ0v) is 29.8. The third-order valence-electron chi connectivity index (χ3n) is 10.9. The molecular formula is C51H45N. The van der Waals surface area contributed by atoms with Gasteiger partial charge in [0.2, 0.25) is 0 Å². The second-order valence-electron chi connectivity index (χ2n) is 14.0. The van der Waals surface area contributed by atoms with E-state index in [2.05, 4.69) is 182 Å². The Kier molecular flexibility index (Phi) is 9.42. The summed E-state index contributed by atoms with van der Waals surface area (Å²) in [6.07, 6.45) is 26.7. The number of nitrogens with zero attached hydrogens (tertiary/aromatic N) is 1. The Morgan fingerprint density at radius 1 is 0.750 bits per heavy atom. The van der Waals surface area contributed by atoms with E-state index in [0.717, 1.165) is 55.5 Å². The molecule has 1 nitrogen and oxygen atoms in total. The van der Waals surface area contributed by atoms with Crippen LogP contribution < -0.4 is 4.90 Å². The number of benzene rings is 5. The van der Waals surface area contributed by atoms with Crippen molar-refractivity contribution in [1.82, 2.24) is 0 Å². The molecule has 0 aliphatic heterocycles. The van der Waals surface area contributed by atoms with E-state index in [1.807, 2.05) is 6.08 Å². The molecule has 0 heterocycles. The molecule has 0 radical (unpaired) electrons. The first-order valence-electron chi connectivity index (χ1n) is 18.7. The van der Waals surface area contributed by atoms with Crippen LogP contribution in [0.25, 0.3) is 34.9 Å². The van der Waals surface area contributed by atoms with Crippen molar-refractivity contribution in [3.8, 4) is 11.1 Å². The lowest BCUT2D eigenvalue weighted by molar-refractivity contribution is 0.774. The van der Waals surface area contributed by atoms with Crippen molar-refractivity contribution in [2.45, 2.75) is 43.9 Å². The first-order chi connectivity index (χ1) is 25.7. The van der Waals surface area contributed by atoms with Gasteiger partial charge in [0.25, 0.3) is 0 Å². The van der Waals surface area contributed by atoms with Gasteiger partial charge in [0.05, 0.1) is 5.41 Å². The van der Waals surface area contributed by atoms with Crippen molar-refractivity contribution in [2.75, 3.05) is 4.90 Å². The van der Waals surface area contributed by atoms with Crippen molar-refractivity contribution in [3.63, 3.8) is 0 Å². The molecule has 3 aliphatic rings. The average molecular weight is 672 g/mol. The van der Waals surface area contributed by atoms with Crippen LogP contribution in [-0.2, 0) is 11.8 Å². The maximum atomic E-state index is 4.75. The predicted molar refractivity (Wildman–Crippen MR) is 224 cm³/mol. The monoisotopic (exact) mass is 671 g/mol. The van der Waals surface area contributed by atoms with Gasteiger partial charge >= 0.3 is 0 Å². The van der Waals surface area contributed by atoms with Crippen LogP contribution in [0.3, 0.4) is 0 Å². The Labute approximate surface area is 309 Å². The molecule has 254 valence electrons. The fourth-order valence-electron chi connectivity index (χ4n) is 8.30. The summed E-state index contributed by atoms with van der Waals surface area (Å²) in [4.78, 5) is 2.28. The number of anilines is 1. The van der Waals surface area contributed by atoms with Gasteiger partial charge in [-0.05, 0) is 118 Å². The lowest BCUT2D eigenvalue weighted by atomic mass is 9.69. The number of hydrogen-bond acceptors (Lipinski definition) is 1. The fraction of sp³-hybridized carbons (Fsp3) is 0.137. The van der Waals surface area contributed by atoms with Gasteiger partial charge in [0.1, 0.15) is 0 Å². The minimum absolute atomic E-state index is 0.309. The molecule has 1 atom stereocenters. The van der Waals surface area contributed by atoms with Gasteiger partial charge in [-0.25, -0.2) is 0 Å². The summed E-state index contributed by atoms with van der Waals surface area (Å²) in [6.45, 7) is 8.96. The lowest BCUT2D eigenvalue weighted by Crippen LogP contribution is -2.26. The third kappa shape index (κ3) is 6.29. The zero-order chi connectivity index (χ0) is 35.3. The SMILES string of the molecule is C=Cc1c(/C=C/N(C(=C)CCC2=CC(C3=CCCC=C3)(c3ccccc3)c3ccccc32)c2cccc(-c3ccccc3)c2)ccc2c1C=CCC2. The minimum Gasteiger partial charge on any atom is -0.321 e. The quantitative estimate of drug-likeness (QED) is 0.135. The maximum absolute atomic E-state index is 4.75. The van der Waals surface area contributed by atoms with Crippen molar-refractivity contribution in [1.29, 1.82) is 0 Å². The molecule has 0 saturated carbocycles. The van der Waals surface area contributed by atoms with Crippen LogP contribution in [0.5, 0.6) is 0 Å². The highest BCUT2D eigenvalue weighted by atomic mass is 15.1. The smallest absolute Gasteiger partial charge is 0.0640 e. The summed E-state index contributed by atoms with van der Waals surface area (Å²) in [5.41, 5.74) is 16.0. The van der Waals surface area contributed by atoms with Crippen molar-refractivity contribution in [2.24, 2.45) is 0 Å². The van der Waals surface area contributed by atoms with E-state index >= 15 is 0 Å². The molecule has 0 bridgehead atoms. The van der Waals surface area contributed by atoms with Crippen LogP contribution in [0.1, 0.15) is 71.0 Å². The first-order valence-corrected chi connectivity index (χ1v) is 18.7. The summed E-state index contributed by atoms with van der Waals surface area (Å²) < 4.78 is 0. The first kappa shape index (κ1) is 33.2. The Balaban J connectivity index is 1.16. The van der Waals surface area contributed by atoms with Gasteiger partial charge in [0.15, 0.2) is 0 Å². The van der Waals surface area contributed by atoms with Gasteiger partial charge in [-0.1, -0.05) is 165 Å². The van der Waals surface area contributed by atoms with Gasteiger partial charge in [-0.2, -0.15) is 0 Å². The number of aryl methyl sites for hydroxylation is 1. The van der Waals surface area contributed by atoms with E-state index in [4.69, 9.17) is 6.58 Å². The van der Waals surface area contributed by atoms with E-state index in [0.29, 0.717) is 0 Å². The topological polar surface area (TPSA) is 3.24 Å². The number of allylic oxidation sites excluding steroid dienone is 8. The summed E-state index contributed by atoms with van der Waals surface area (Å²) in [5, 5.41) is 0. The van der Waals surface area contributed by atoms with Crippen LogP contribution in [0.4, 0.5) is 5.69 Å². The summed E-state index contributed by atoms with van der Waals surface area (Å²) in [5.74, 6) is 0. The van der Waals surface area contributed by atoms with Crippen LogP contribution in [0.15, 0.2) is 182 Å². The highest BCUT2D eigenvalue weighted by molar-refractivity contribution is 5.83. The molecule has 8 rings (SSSR count). The number of fused-ring (bicyclic) bond motifs is 2. The molecule has 0 saturated heterocycles. The fourth-order valence-corrected chi connectivity index (χ4v) is 8.30. The molecule has 1 unspecified atom stereocenters. The largest absolute Gasteiger partial charge is 0.321 e. The Bertz CT molecular complexity index is 2280. The van der Waals surface area contributed by atoms with Crippen LogP contribution in [0, 0.1) is 0 Å². The van der Waals surface area contributed by atoms with Crippen LogP contribution in [0.2, 0.25) is 0 Å². The summed E-state index contributed by atoms with van der Waals surface area (Å²) in [7, 11) is 0. The van der Waals surface area contributed by atoms with Crippen LogP contribution in [-0.4, -0.2) is 0 Å². The second kappa shape index (κ2) is 14.7. The normalized spacial score (nSPS) is 17.3. The second-order valence-corrected chi connectivity index (χ2v) is 14.0. The standard InChI is InChI=1S/C51H45N/c1-3-47-41(33-32-40-20-13-14-27-48(40)47)34-35-52(46-26-17-21-42(36-46)39-18-7-4-8-19-39)38(2)30-31-43-37-51(44-22-9-5-10-23-44,45-24-11-6-12-25-45)50-29-16-15-28-49(43)50/h3-5,7-11,14-19,21-29,32-37H,1-2,6,12-13,20,30-31H2/b35-34+. The molecule has 0 amide bonds. The molecule has 52 heavy (non-hydrogen) atoms. The highest BCUT2D eigenvalue weighted by Gasteiger charge is 2.41. The van der Waals surface area contributed by atoms with Gasteiger partial charge in [0, 0.05) is 17.6 Å². The van der Waals surface area contributed by atoms with Gasteiger partial charge in [-0.15, -0.1) is 0 Å². The number of hydrogen-bond donors (Lipinski definition) is 0. The Morgan fingerprint density at radius 3 is 2.33 bits per heavy atom. The molecular weight excluding hydrogens is 627 g/mol.